The van der Waals surface area contributed by atoms with Gasteiger partial charge in [0.1, 0.15) is 11.2 Å². The summed E-state index contributed by atoms with van der Waals surface area (Å²) in [6.07, 6.45) is 0. The third-order valence-electron chi connectivity index (χ3n) is 11.7. The quantitative estimate of drug-likeness (QED) is 0.163. The van der Waals surface area contributed by atoms with Crippen molar-refractivity contribution >= 4 is 39.0 Å². The van der Waals surface area contributed by atoms with Crippen molar-refractivity contribution in [3.8, 4) is 33.4 Å². The number of anilines is 3. The lowest BCUT2D eigenvalue weighted by molar-refractivity contribution is 0.668. The molecule has 0 saturated carbocycles. The van der Waals surface area contributed by atoms with Crippen LogP contribution < -0.4 is 4.90 Å². The lowest BCUT2D eigenvalue weighted by Gasteiger charge is -2.33. The second-order valence-corrected chi connectivity index (χ2v) is 14.9. The Morgan fingerprint density at radius 1 is 0.316 bits per heavy atom. The van der Waals surface area contributed by atoms with Crippen LogP contribution in [0, 0.1) is 0 Å². The molecule has 2 heteroatoms. The van der Waals surface area contributed by atoms with Gasteiger partial charge in [-0.1, -0.05) is 170 Å². The molecule has 0 N–H and O–H groups in total. The fourth-order valence-corrected chi connectivity index (χ4v) is 9.19. The number of hydrogen-bond acceptors (Lipinski definition) is 2. The van der Waals surface area contributed by atoms with E-state index in [1.807, 2.05) is 0 Å². The van der Waals surface area contributed by atoms with E-state index in [2.05, 4.69) is 229 Å². The monoisotopic (exact) mass is 727 g/mol. The summed E-state index contributed by atoms with van der Waals surface area (Å²) < 4.78 is 6.75. The summed E-state index contributed by atoms with van der Waals surface area (Å²) in [6, 6.07) is 81.0. The summed E-state index contributed by atoms with van der Waals surface area (Å²) in [5.74, 6) is 0. The van der Waals surface area contributed by atoms with E-state index in [1.54, 1.807) is 0 Å². The predicted molar refractivity (Wildman–Crippen MR) is 237 cm³/mol. The minimum absolute atomic E-state index is 0.474. The van der Waals surface area contributed by atoms with Crippen LogP contribution in [0.2, 0.25) is 0 Å². The number of hydrogen-bond donors (Lipinski definition) is 0. The Kier molecular flexibility index (Phi) is 7.75. The van der Waals surface area contributed by atoms with Gasteiger partial charge in [0.15, 0.2) is 0 Å². The smallest absolute Gasteiger partial charge is 0.137 e. The molecule has 0 bridgehead atoms. The van der Waals surface area contributed by atoms with Crippen LogP contribution in [0.3, 0.4) is 0 Å². The Morgan fingerprint density at radius 2 is 0.860 bits per heavy atom. The first-order chi connectivity index (χ1) is 28.3. The van der Waals surface area contributed by atoms with E-state index < -0.39 is 5.41 Å². The van der Waals surface area contributed by atoms with E-state index in [0.29, 0.717) is 0 Å². The SMILES string of the molecule is c1ccc(-c2ccc(N(c3cccc(-c4ccccc4)c3)c3ccc4c(c3)oc3ccc(C5(c6ccccc6)c6ccccc6-c6ccccc65)cc34)cc2)cc1. The van der Waals surface area contributed by atoms with Gasteiger partial charge in [0.2, 0.25) is 0 Å². The standard InChI is InChI=1S/C55H37NO/c1-4-15-38(16-5-1)40-27-30-44(31-28-40)56(45-22-14-19-41(35-45)39-17-6-2-7-18-39)46-32-33-49-50-36-43(29-34-53(50)57-54(49)37-46)55(42-20-8-3-9-21-42)51-25-12-10-23-47(51)48-24-11-13-26-52(48)55/h1-37H. The van der Waals surface area contributed by atoms with Gasteiger partial charge in [-0.15, -0.1) is 0 Å². The van der Waals surface area contributed by atoms with Gasteiger partial charge in [0.05, 0.1) is 5.41 Å². The van der Waals surface area contributed by atoms with E-state index in [-0.39, 0.29) is 0 Å². The minimum atomic E-state index is -0.474. The summed E-state index contributed by atoms with van der Waals surface area (Å²) in [6.45, 7) is 0. The van der Waals surface area contributed by atoms with Crippen molar-refractivity contribution in [2.75, 3.05) is 4.90 Å². The highest BCUT2D eigenvalue weighted by Gasteiger charge is 2.46. The van der Waals surface area contributed by atoms with Crippen LogP contribution >= 0.6 is 0 Å². The van der Waals surface area contributed by atoms with Crippen molar-refractivity contribution < 1.29 is 4.42 Å². The second kappa shape index (κ2) is 13.4. The summed E-state index contributed by atoms with van der Waals surface area (Å²) in [5, 5.41) is 2.20. The van der Waals surface area contributed by atoms with Gasteiger partial charge in [0, 0.05) is 33.9 Å². The van der Waals surface area contributed by atoms with Crippen LogP contribution in [-0.4, -0.2) is 0 Å². The highest BCUT2D eigenvalue weighted by molar-refractivity contribution is 6.07. The number of furan rings is 1. The molecule has 0 unspecified atom stereocenters. The Labute approximate surface area is 332 Å². The van der Waals surface area contributed by atoms with E-state index >= 15 is 0 Å². The van der Waals surface area contributed by atoms with Crippen LogP contribution in [0.4, 0.5) is 17.1 Å². The molecule has 268 valence electrons. The fourth-order valence-electron chi connectivity index (χ4n) is 9.19. The number of fused-ring (bicyclic) bond motifs is 6. The largest absolute Gasteiger partial charge is 0.456 e. The molecule has 1 aromatic heterocycles. The first-order valence-corrected chi connectivity index (χ1v) is 19.6. The maximum absolute atomic E-state index is 6.75. The third-order valence-corrected chi connectivity index (χ3v) is 11.7. The first kappa shape index (κ1) is 33.0. The Morgan fingerprint density at radius 3 is 1.54 bits per heavy atom. The predicted octanol–water partition coefficient (Wildman–Crippen LogP) is 14.8. The molecule has 2 nitrogen and oxygen atoms in total. The molecule has 11 rings (SSSR count). The molecule has 0 amide bonds. The topological polar surface area (TPSA) is 16.4 Å². The molecule has 0 saturated heterocycles. The lowest BCUT2D eigenvalue weighted by atomic mass is 9.67. The molecule has 10 aromatic rings. The van der Waals surface area contributed by atoms with Crippen molar-refractivity contribution in [1.29, 1.82) is 0 Å². The average Bonchev–Trinajstić information content (AvgIpc) is 3.81. The van der Waals surface area contributed by atoms with Crippen LogP contribution in [0.25, 0.3) is 55.3 Å². The molecule has 0 atom stereocenters. The van der Waals surface area contributed by atoms with Gasteiger partial charge in [-0.2, -0.15) is 0 Å². The maximum Gasteiger partial charge on any atom is 0.137 e. The first-order valence-electron chi connectivity index (χ1n) is 19.6. The Bertz CT molecular complexity index is 3010. The van der Waals surface area contributed by atoms with Crippen molar-refractivity contribution in [2.24, 2.45) is 0 Å². The van der Waals surface area contributed by atoms with Gasteiger partial charge >= 0.3 is 0 Å². The third kappa shape index (κ3) is 5.33. The highest BCUT2D eigenvalue weighted by atomic mass is 16.3. The second-order valence-electron chi connectivity index (χ2n) is 14.9. The van der Waals surface area contributed by atoms with E-state index in [9.17, 15) is 0 Å². The van der Waals surface area contributed by atoms with E-state index in [0.717, 1.165) is 39.0 Å². The molecular formula is C55H37NO. The van der Waals surface area contributed by atoms with E-state index in [1.165, 1.54) is 55.6 Å². The number of benzene rings is 9. The number of rotatable bonds is 7. The van der Waals surface area contributed by atoms with Crippen LogP contribution in [0.5, 0.6) is 0 Å². The van der Waals surface area contributed by atoms with Crippen LogP contribution in [0.1, 0.15) is 22.3 Å². The summed E-state index contributed by atoms with van der Waals surface area (Å²) >= 11 is 0. The molecule has 9 aromatic carbocycles. The van der Waals surface area contributed by atoms with Gasteiger partial charge in [0.25, 0.3) is 0 Å². The van der Waals surface area contributed by atoms with Crippen molar-refractivity contribution in [3.05, 3.63) is 247 Å². The summed E-state index contributed by atoms with van der Waals surface area (Å²) in [5.41, 5.74) is 16.8. The van der Waals surface area contributed by atoms with Gasteiger partial charge < -0.3 is 9.32 Å². The highest BCUT2D eigenvalue weighted by Crippen LogP contribution is 2.56. The summed E-state index contributed by atoms with van der Waals surface area (Å²) in [7, 11) is 0. The molecule has 0 spiro atoms. The molecular weight excluding hydrogens is 691 g/mol. The normalized spacial score (nSPS) is 12.7. The van der Waals surface area contributed by atoms with Crippen molar-refractivity contribution in [2.45, 2.75) is 5.41 Å². The van der Waals surface area contributed by atoms with Crippen molar-refractivity contribution in [3.63, 3.8) is 0 Å². The molecule has 1 aliphatic rings. The zero-order valence-corrected chi connectivity index (χ0v) is 31.2. The molecule has 57 heavy (non-hydrogen) atoms. The van der Waals surface area contributed by atoms with Crippen LogP contribution in [-0.2, 0) is 5.41 Å². The lowest BCUT2D eigenvalue weighted by Crippen LogP contribution is -2.28. The van der Waals surface area contributed by atoms with Crippen LogP contribution in [0.15, 0.2) is 229 Å². The average molecular weight is 728 g/mol. The van der Waals surface area contributed by atoms with Gasteiger partial charge in [-0.05, 0) is 104 Å². The Hall–Kier alpha value is -7.42. The molecule has 0 fully saturated rings. The fraction of sp³-hybridized carbons (Fsp3) is 0.0182. The molecule has 0 aliphatic heterocycles. The minimum Gasteiger partial charge on any atom is -0.456 e. The Balaban J connectivity index is 1.07. The summed E-state index contributed by atoms with van der Waals surface area (Å²) in [4.78, 5) is 2.33. The number of nitrogens with zero attached hydrogens (tertiary/aromatic N) is 1. The van der Waals surface area contributed by atoms with Gasteiger partial charge in [-0.3, -0.25) is 0 Å². The zero-order chi connectivity index (χ0) is 37.8. The van der Waals surface area contributed by atoms with Gasteiger partial charge in [-0.25, -0.2) is 0 Å². The molecule has 1 heterocycles. The maximum atomic E-state index is 6.75. The molecule has 0 radical (unpaired) electrons. The van der Waals surface area contributed by atoms with Crippen molar-refractivity contribution in [1.82, 2.24) is 0 Å². The van der Waals surface area contributed by atoms with E-state index in [4.69, 9.17) is 4.42 Å². The zero-order valence-electron chi connectivity index (χ0n) is 31.2. The molecule has 1 aliphatic carbocycles.